The zero-order valence-corrected chi connectivity index (χ0v) is 13.2. The second kappa shape index (κ2) is 6.57. The third kappa shape index (κ3) is 4.47. The zero-order valence-electron chi connectivity index (χ0n) is 12.4. The molecular formula is C16H23N3S. The van der Waals surface area contributed by atoms with Gasteiger partial charge in [-0.2, -0.15) is 11.8 Å². The molecule has 3 nitrogen and oxygen atoms in total. The van der Waals surface area contributed by atoms with E-state index in [1.807, 2.05) is 30.0 Å². The van der Waals surface area contributed by atoms with Gasteiger partial charge in [0.1, 0.15) is 0 Å². The molecule has 0 saturated heterocycles. The third-order valence-corrected chi connectivity index (χ3v) is 4.50. The second-order valence-corrected chi connectivity index (χ2v) is 7.83. The summed E-state index contributed by atoms with van der Waals surface area (Å²) in [6.07, 6.45) is 0.852. The number of fused-ring (bicyclic) bond motifs is 1. The number of thioether (sulfide) groups is 1. The molecule has 0 amide bonds. The largest absolute Gasteiger partial charge is 0.271 e. The van der Waals surface area contributed by atoms with E-state index < -0.39 is 0 Å². The van der Waals surface area contributed by atoms with Crippen molar-refractivity contribution in [2.24, 2.45) is 5.84 Å². The van der Waals surface area contributed by atoms with Gasteiger partial charge in [-0.1, -0.05) is 45.0 Å². The van der Waals surface area contributed by atoms with Crippen LogP contribution in [0.25, 0.3) is 10.9 Å². The van der Waals surface area contributed by atoms with Crippen molar-refractivity contribution in [3.05, 3.63) is 42.1 Å². The van der Waals surface area contributed by atoms with Crippen LogP contribution in [0.4, 0.5) is 0 Å². The van der Waals surface area contributed by atoms with E-state index in [1.165, 1.54) is 5.39 Å². The predicted octanol–water partition coefficient (Wildman–Crippen LogP) is 3.14. The molecule has 0 aliphatic rings. The summed E-state index contributed by atoms with van der Waals surface area (Å²) in [5.41, 5.74) is 5.04. The Balaban J connectivity index is 2.05. The Morgan fingerprint density at radius 2 is 1.95 bits per heavy atom. The van der Waals surface area contributed by atoms with Crippen molar-refractivity contribution < 1.29 is 0 Å². The second-order valence-electron chi connectivity index (χ2n) is 5.99. The molecule has 2 aromatic rings. The van der Waals surface area contributed by atoms with Crippen LogP contribution in [0.2, 0.25) is 0 Å². The van der Waals surface area contributed by atoms with E-state index in [1.54, 1.807) is 0 Å². The minimum absolute atomic E-state index is 0.243. The first-order valence-corrected chi connectivity index (χ1v) is 7.91. The maximum atomic E-state index is 5.67. The highest BCUT2D eigenvalue weighted by molar-refractivity contribution is 8.00. The number of hydrogen-bond acceptors (Lipinski definition) is 4. The van der Waals surface area contributed by atoms with E-state index in [-0.39, 0.29) is 10.8 Å². The molecule has 0 aliphatic carbocycles. The fourth-order valence-corrected chi connectivity index (χ4v) is 2.91. The molecule has 1 atom stereocenters. The van der Waals surface area contributed by atoms with Crippen LogP contribution in [-0.2, 0) is 6.42 Å². The van der Waals surface area contributed by atoms with Gasteiger partial charge < -0.3 is 0 Å². The van der Waals surface area contributed by atoms with Gasteiger partial charge in [0, 0.05) is 34.0 Å². The molecule has 20 heavy (non-hydrogen) atoms. The molecule has 0 aliphatic heterocycles. The molecule has 0 radical (unpaired) electrons. The molecule has 0 fully saturated rings. The van der Waals surface area contributed by atoms with E-state index in [4.69, 9.17) is 10.8 Å². The third-order valence-electron chi connectivity index (χ3n) is 3.06. The van der Waals surface area contributed by atoms with Gasteiger partial charge in [0.25, 0.3) is 0 Å². The molecule has 2 rings (SSSR count). The van der Waals surface area contributed by atoms with Crippen LogP contribution in [0, 0.1) is 0 Å². The quantitative estimate of drug-likeness (QED) is 0.656. The van der Waals surface area contributed by atoms with Crippen LogP contribution in [0.15, 0.2) is 36.4 Å². The predicted molar refractivity (Wildman–Crippen MR) is 88.8 cm³/mol. The van der Waals surface area contributed by atoms with Crippen molar-refractivity contribution in [1.82, 2.24) is 10.4 Å². The molecule has 1 unspecified atom stereocenters. The van der Waals surface area contributed by atoms with E-state index in [9.17, 15) is 0 Å². The number of benzene rings is 1. The van der Waals surface area contributed by atoms with Gasteiger partial charge in [0.15, 0.2) is 0 Å². The van der Waals surface area contributed by atoms with E-state index in [0.29, 0.717) is 0 Å². The van der Waals surface area contributed by atoms with Gasteiger partial charge >= 0.3 is 0 Å². The van der Waals surface area contributed by atoms with E-state index in [0.717, 1.165) is 23.4 Å². The number of nitrogens with zero attached hydrogens (tertiary/aromatic N) is 1. The fourth-order valence-electron chi connectivity index (χ4n) is 1.99. The molecule has 1 aromatic carbocycles. The van der Waals surface area contributed by atoms with Crippen molar-refractivity contribution in [1.29, 1.82) is 0 Å². The minimum Gasteiger partial charge on any atom is -0.271 e. The van der Waals surface area contributed by atoms with Crippen LogP contribution in [0.3, 0.4) is 0 Å². The van der Waals surface area contributed by atoms with Crippen molar-refractivity contribution in [3.63, 3.8) is 0 Å². The van der Waals surface area contributed by atoms with Gasteiger partial charge in [-0.3, -0.25) is 16.3 Å². The summed E-state index contributed by atoms with van der Waals surface area (Å²) in [4.78, 5) is 4.70. The minimum atomic E-state index is 0.243. The van der Waals surface area contributed by atoms with Crippen molar-refractivity contribution >= 4 is 22.7 Å². The number of hydrazine groups is 1. The Hall–Kier alpha value is -1.10. The molecule has 4 heteroatoms. The number of hydrogen-bond donors (Lipinski definition) is 2. The summed E-state index contributed by atoms with van der Waals surface area (Å²) in [6.45, 7) is 6.67. The molecule has 0 saturated carbocycles. The molecule has 1 heterocycles. The molecule has 0 bridgehead atoms. The first kappa shape index (κ1) is 15.3. The van der Waals surface area contributed by atoms with Gasteiger partial charge in [-0.25, -0.2) is 0 Å². The van der Waals surface area contributed by atoms with Crippen molar-refractivity contribution in [2.45, 2.75) is 38.0 Å². The maximum Gasteiger partial charge on any atom is 0.0705 e. The van der Waals surface area contributed by atoms with Gasteiger partial charge in [0.2, 0.25) is 0 Å². The standard InChI is InChI=1S/C16H23N3S/c1-16(2,3)20-11-14(19-17)10-13-9-8-12-6-4-5-7-15(12)18-13/h4-9,14,19H,10-11,17H2,1-3H3. The highest BCUT2D eigenvalue weighted by Gasteiger charge is 2.15. The Kier molecular flexibility index (Phi) is 5.02. The summed E-state index contributed by atoms with van der Waals surface area (Å²) >= 11 is 1.92. The summed E-state index contributed by atoms with van der Waals surface area (Å²) in [7, 11) is 0. The molecule has 0 spiro atoms. The first-order valence-electron chi connectivity index (χ1n) is 6.93. The summed E-state index contributed by atoms with van der Waals surface area (Å²) < 4.78 is 0.256. The average Bonchev–Trinajstić information content (AvgIpc) is 2.42. The van der Waals surface area contributed by atoms with E-state index in [2.05, 4.69) is 44.4 Å². The summed E-state index contributed by atoms with van der Waals surface area (Å²) in [5, 5.41) is 1.18. The van der Waals surface area contributed by atoms with Crippen molar-refractivity contribution in [3.8, 4) is 0 Å². The topological polar surface area (TPSA) is 50.9 Å². The Labute approximate surface area is 125 Å². The highest BCUT2D eigenvalue weighted by Crippen LogP contribution is 2.24. The van der Waals surface area contributed by atoms with Gasteiger partial charge in [-0.15, -0.1) is 0 Å². The lowest BCUT2D eigenvalue weighted by atomic mass is 10.1. The van der Waals surface area contributed by atoms with Crippen LogP contribution in [0.1, 0.15) is 26.5 Å². The number of pyridine rings is 1. The molecule has 1 aromatic heterocycles. The Morgan fingerprint density at radius 1 is 1.20 bits per heavy atom. The van der Waals surface area contributed by atoms with Crippen molar-refractivity contribution in [2.75, 3.05) is 5.75 Å². The lowest BCUT2D eigenvalue weighted by molar-refractivity contribution is 0.568. The maximum absolute atomic E-state index is 5.67. The summed E-state index contributed by atoms with van der Waals surface area (Å²) in [6, 6.07) is 12.7. The van der Waals surface area contributed by atoms with Crippen LogP contribution < -0.4 is 11.3 Å². The van der Waals surface area contributed by atoms with Crippen LogP contribution in [0.5, 0.6) is 0 Å². The molecular weight excluding hydrogens is 266 g/mol. The zero-order chi connectivity index (χ0) is 14.6. The lowest BCUT2D eigenvalue weighted by Gasteiger charge is -2.22. The number of nitrogens with two attached hydrogens (primary N) is 1. The lowest BCUT2D eigenvalue weighted by Crippen LogP contribution is -2.39. The molecule has 108 valence electrons. The molecule has 3 N–H and O–H groups in total. The first-order chi connectivity index (χ1) is 9.48. The number of aromatic nitrogens is 1. The summed E-state index contributed by atoms with van der Waals surface area (Å²) in [5.74, 6) is 6.65. The van der Waals surface area contributed by atoms with Crippen LogP contribution in [-0.4, -0.2) is 21.5 Å². The normalized spacial score (nSPS) is 13.6. The van der Waals surface area contributed by atoms with E-state index >= 15 is 0 Å². The average molecular weight is 289 g/mol. The number of rotatable bonds is 5. The highest BCUT2D eigenvalue weighted by atomic mass is 32.2. The van der Waals surface area contributed by atoms with Gasteiger partial charge in [0.05, 0.1) is 5.52 Å². The van der Waals surface area contributed by atoms with Gasteiger partial charge in [-0.05, 0) is 12.1 Å². The SMILES string of the molecule is CC(C)(C)SCC(Cc1ccc2ccccc2n1)NN. The smallest absolute Gasteiger partial charge is 0.0705 e. The fraction of sp³-hybridized carbons (Fsp3) is 0.438. The number of nitrogens with one attached hydrogen (secondary N) is 1. The number of para-hydroxylation sites is 1. The Morgan fingerprint density at radius 3 is 2.65 bits per heavy atom. The Bertz CT molecular complexity index is 563. The monoisotopic (exact) mass is 289 g/mol. The van der Waals surface area contributed by atoms with Crippen LogP contribution >= 0.6 is 11.8 Å².